The van der Waals surface area contributed by atoms with Crippen LogP contribution in [0.3, 0.4) is 0 Å². The molecule has 10 heteroatoms. The van der Waals surface area contributed by atoms with E-state index in [2.05, 4.69) is 5.32 Å². The summed E-state index contributed by atoms with van der Waals surface area (Å²) in [5, 5.41) is 24.9. The lowest BCUT2D eigenvalue weighted by Gasteiger charge is -2.07. The Kier molecular flexibility index (Phi) is 5.32. The first-order valence-corrected chi connectivity index (χ1v) is 7.19. The second-order valence-corrected chi connectivity index (χ2v) is 5.51. The zero-order valence-electron chi connectivity index (χ0n) is 11.9. The zero-order chi connectivity index (χ0) is 17.9. The van der Waals surface area contributed by atoms with Crippen molar-refractivity contribution >= 4 is 40.5 Å². The first-order chi connectivity index (χ1) is 11.3. The third kappa shape index (κ3) is 4.18. The molecule has 0 atom stereocenters. The fourth-order valence-electron chi connectivity index (χ4n) is 1.88. The van der Waals surface area contributed by atoms with E-state index in [1.165, 1.54) is 6.07 Å². The number of carbonyl (C=O) groups excluding carboxylic acids is 1. The van der Waals surface area contributed by atoms with Crippen LogP contribution in [0.5, 0.6) is 0 Å². The van der Waals surface area contributed by atoms with Crippen LogP contribution in [-0.4, -0.2) is 15.8 Å². The van der Waals surface area contributed by atoms with Crippen LogP contribution >= 0.6 is 23.2 Å². The zero-order valence-corrected chi connectivity index (χ0v) is 13.4. The number of non-ortho nitro benzene ring substituents is 2. The molecule has 0 spiro atoms. The molecule has 0 unspecified atom stereocenters. The molecule has 0 radical (unpaired) electrons. The van der Waals surface area contributed by atoms with Gasteiger partial charge in [-0.2, -0.15) is 0 Å². The standard InChI is InChI=1S/C14H9Cl2N3O5/c15-10-2-1-8(13(16)5-10)7-17-14(20)9-3-11(18(21)22)6-12(4-9)19(23)24/h1-6H,7H2,(H,17,20). The highest BCUT2D eigenvalue weighted by molar-refractivity contribution is 6.35. The van der Waals surface area contributed by atoms with Crippen molar-refractivity contribution in [1.82, 2.24) is 5.32 Å². The summed E-state index contributed by atoms with van der Waals surface area (Å²) in [4.78, 5) is 32.2. The minimum atomic E-state index is -0.806. The van der Waals surface area contributed by atoms with Gasteiger partial charge < -0.3 is 5.32 Å². The molecule has 0 heterocycles. The number of carbonyl (C=O) groups is 1. The molecule has 1 amide bonds. The number of halogens is 2. The van der Waals surface area contributed by atoms with Crippen molar-refractivity contribution in [2.24, 2.45) is 0 Å². The summed E-state index contributed by atoms with van der Waals surface area (Å²) in [7, 11) is 0. The molecule has 1 N–H and O–H groups in total. The fraction of sp³-hybridized carbons (Fsp3) is 0.0714. The normalized spacial score (nSPS) is 10.2. The van der Waals surface area contributed by atoms with Crippen molar-refractivity contribution in [2.75, 3.05) is 0 Å². The van der Waals surface area contributed by atoms with Crippen LogP contribution in [0.4, 0.5) is 11.4 Å². The number of nitro benzene ring substituents is 2. The highest BCUT2D eigenvalue weighted by atomic mass is 35.5. The smallest absolute Gasteiger partial charge is 0.277 e. The lowest BCUT2D eigenvalue weighted by Crippen LogP contribution is -2.23. The van der Waals surface area contributed by atoms with Gasteiger partial charge in [0.15, 0.2) is 0 Å². The van der Waals surface area contributed by atoms with E-state index in [0.717, 1.165) is 18.2 Å². The molecule has 0 fully saturated rings. The summed E-state index contributed by atoms with van der Waals surface area (Å²) < 4.78 is 0. The number of nitro groups is 2. The van der Waals surface area contributed by atoms with Gasteiger partial charge in [-0.05, 0) is 17.7 Å². The Balaban J connectivity index is 2.22. The molecular formula is C14H9Cl2N3O5. The molecule has 2 aromatic rings. The molecule has 0 aromatic heterocycles. The molecule has 0 aliphatic carbocycles. The molecule has 0 saturated carbocycles. The van der Waals surface area contributed by atoms with Crippen LogP contribution in [0, 0.1) is 20.2 Å². The van der Waals surface area contributed by atoms with Crippen LogP contribution in [0.2, 0.25) is 10.0 Å². The lowest BCUT2D eigenvalue weighted by atomic mass is 10.1. The van der Waals surface area contributed by atoms with Gasteiger partial charge >= 0.3 is 0 Å². The van der Waals surface area contributed by atoms with Gasteiger partial charge in [0.05, 0.1) is 21.5 Å². The van der Waals surface area contributed by atoms with E-state index in [0.29, 0.717) is 15.6 Å². The minimum absolute atomic E-state index is 0.0331. The Bertz CT molecular complexity index is 809. The van der Waals surface area contributed by atoms with Crippen molar-refractivity contribution in [2.45, 2.75) is 6.54 Å². The summed E-state index contributed by atoms with van der Waals surface area (Å²) in [6, 6.07) is 7.42. The summed E-state index contributed by atoms with van der Waals surface area (Å²) in [6.45, 7) is 0.0331. The molecular weight excluding hydrogens is 361 g/mol. The van der Waals surface area contributed by atoms with Crippen LogP contribution < -0.4 is 5.32 Å². The number of nitrogens with zero attached hydrogens (tertiary/aromatic N) is 2. The van der Waals surface area contributed by atoms with Gasteiger partial charge in [-0.25, -0.2) is 0 Å². The van der Waals surface area contributed by atoms with Crippen LogP contribution in [0.1, 0.15) is 15.9 Å². The molecule has 0 aliphatic heterocycles. The number of hydrogen-bond acceptors (Lipinski definition) is 5. The van der Waals surface area contributed by atoms with E-state index >= 15 is 0 Å². The van der Waals surface area contributed by atoms with E-state index < -0.39 is 27.1 Å². The Morgan fingerprint density at radius 3 is 2.08 bits per heavy atom. The number of amides is 1. The maximum atomic E-state index is 12.1. The van der Waals surface area contributed by atoms with Crippen molar-refractivity contribution in [1.29, 1.82) is 0 Å². The van der Waals surface area contributed by atoms with Gasteiger partial charge in [0.2, 0.25) is 0 Å². The maximum Gasteiger partial charge on any atom is 0.277 e. The van der Waals surface area contributed by atoms with Crippen molar-refractivity contribution < 1.29 is 14.6 Å². The average molecular weight is 370 g/mol. The third-order valence-electron chi connectivity index (χ3n) is 3.04. The summed E-state index contributed by atoms with van der Waals surface area (Å²) in [6.07, 6.45) is 0. The van der Waals surface area contributed by atoms with Crippen molar-refractivity contribution in [3.63, 3.8) is 0 Å². The third-order valence-corrected chi connectivity index (χ3v) is 3.63. The lowest BCUT2D eigenvalue weighted by molar-refractivity contribution is -0.394. The highest BCUT2D eigenvalue weighted by Gasteiger charge is 2.19. The summed E-state index contributed by atoms with van der Waals surface area (Å²) in [5.41, 5.74) is -0.701. The Morgan fingerprint density at radius 1 is 1.00 bits per heavy atom. The Hall–Kier alpha value is -2.71. The molecule has 24 heavy (non-hydrogen) atoms. The second-order valence-electron chi connectivity index (χ2n) is 4.67. The topological polar surface area (TPSA) is 115 Å². The average Bonchev–Trinajstić information content (AvgIpc) is 2.53. The maximum absolute atomic E-state index is 12.1. The summed E-state index contributed by atoms with van der Waals surface area (Å²) in [5.74, 6) is -0.701. The highest BCUT2D eigenvalue weighted by Crippen LogP contribution is 2.23. The Labute approximate surface area is 145 Å². The largest absolute Gasteiger partial charge is 0.348 e. The van der Waals surface area contributed by atoms with E-state index in [1.54, 1.807) is 12.1 Å². The van der Waals surface area contributed by atoms with Gasteiger partial charge in [-0.1, -0.05) is 29.3 Å². The molecule has 2 rings (SSSR count). The van der Waals surface area contributed by atoms with Crippen LogP contribution in [-0.2, 0) is 6.54 Å². The summed E-state index contributed by atoms with van der Waals surface area (Å²) >= 11 is 11.7. The molecule has 0 saturated heterocycles. The van der Waals surface area contributed by atoms with E-state index in [9.17, 15) is 25.0 Å². The number of rotatable bonds is 5. The molecule has 2 aromatic carbocycles. The predicted octanol–water partition coefficient (Wildman–Crippen LogP) is 3.74. The second kappa shape index (κ2) is 7.24. The van der Waals surface area contributed by atoms with Gasteiger partial charge in [-0.3, -0.25) is 25.0 Å². The van der Waals surface area contributed by atoms with Gasteiger partial charge in [0.25, 0.3) is 17.3 Å². The molecule has 8 nitrogen and oxygen atoms in total. The van der Waals surface area contributed by atoms with E-state index in [1.807, 2.05) is 0 Å². The number of nitrogens with one attached hydrogen (secondary N) is 1. The Morgan fingerprint density at radius 2 is 1.58 bits per heavy atom. The van der Waals surface area contributed by atoms with Crippen molar-refractivity contribution in [3.8, 4) is 0 Å². The van der Waals surface area contributed by atoms with Crippen LogP contribution in [0.15, 0.2) is 36.4 Å². The van der Waals surface area contributed by atoms with E-state index in [4.69, 9.17) is 23.2 Å². The SMILES string of the molecule is O=C(NCc1ccc(Cl)cc1Cl)c1cc([N+](=O)[O-])cc([N+](=O)[O-])c1. The monoisotopic (exact) mass is 369 g/mol. The number of benzene rings is 2. The first-order valence-electron chi connectivity index (χ1n) is 6.44. The predicted molar refractivity (Wildman–Crippen MR) is 87.4 cm³/mol. The first kappa shape index (κ1) is 17.6. The molecule has 124 valence electrons. The van der Waals surface area contributed by atoms with E-state index in [-0.39, 0.29) is 12.1 Å². The number of hydrogen-bond donors (Lipinski definition) is 1. The molecule has 0 bridgehead atoms. The van der Waals surface area contributed by atoms with Gasteiger partial charge in [0.1, 0.15) is 0 Å². The van der Waals surface area contributed by atoms with Crippen LogP contribution in [0.25, 0.3) is 0 Å². The minimum Gasteiger partial charge on any atom is -0.348 e. The van der Waals surface area contributed by atoms with Crippen molar-refractivity contribution in [3.05, 3.63) is 77.8 Å². The quantitative estimate of drug-likeness (QED) is 0.636. The van der Waals surface area contributed by atoms with Gasteiger partial charge in [-0.15, -0.1) is 0 Å². The fourth-order valence-corrected chi connectivity index (χ4v) is 2.35. The molecule has 0 aliphatic rings. The van der Waals surface area contributed by atoms with Gasteiger partial charge in [0, 0.05) is 28.7 Å².